The predicted octanol–water partition coefficient (Wildman–Crippen LogP) is 1.70. The summed E-state index contributed by atoms with van der Waals surface area (Å²) in [6.07, 6.45) is 3.43. The van der Waals surface area contributed by atoms with Crippen LogP contribution in [0, 0.1) is 11.8 Å². The minimum absolute atomic E-state index is 0.370. The zero-order chi connectivity index (χ0) is 9.42. The Morgan fingerprint density at radius 3 is 2.38 bits per heavy atom. The highest BCUT2D eigenvalue weighted by Crippen LogP contribution is 2.35. The van der Waals surface area contributed by atoms with Gasteiger partial charge in [-0.05, 0) is 39.7 Å². The van der Waals surface area contributed by atoms with Gasteiger partial charge in [0.15, 0.2) is 0 Å². The molecule has 1 heterocycles. The van der Waals surface area contributed by atoms with Gasteiger partial charge in [0.05, 0.1) is 0 Å². The zero-order valence-corrected chi connectivity index (χ0v) is 8.62. The Kier molecular flexibility index (Phi) is 2.41. The Balaban J connectivity index is 1.86. The molecule has 0 spiro atoms. The molecule has 1 aliphatic carbocycles. The minimum atomic E-state index is 0.370. The second-order valence-corrected chi connectivity index (χ2v) is 4.75. The van der Waals surface area contributed by atoms with Crippen LogP contribution in [0.15, 0.2) is 0 Å². The van der Waals surface area contributed by atoms with Crippen LogP contribution >= 0.6 is 0 Å². The molecule has 2 nitrogen and oxygen atoms in total. The number of carbonyl (C=O) groups excluding carboxylic acids is 1. The van der Waals surface area contributed by atoms with E-state index in [2.05, 4.69) is 18.7 Å². The van der Waals surface area contributed by atoms with Crippen molar-refractivity contribution < 1.29 is 4.79 Å². The second kappa shape index (κ2) is 3.41. The number of hydrogen-bond acceptors (Lipinski definition) is 2. The van der Waals surface area contributed by atoms with Crippen LogP contribution in [0.1, 0.15) is 33.1 Å². The highest BCUT2D eigenvalue weighted by atomic mass is 16.1. The first kappa shape index (κ1) is 9.20. The Hall–Kier alpha value is -0.370. The van der Waals surface area contributed by atoms with Gasteiger partial charge in [0.1, 0.15) is 5.78 Å². The summed E-state index contributed by atoms with van der Waals surface area (Å²) in [5.41, 5.74) is 0. The Morgan fingerprint density at radius 2 is 1.92 bits per heavy atom. The van der Waals surface area contributed by atoms with Crippen molar-refractivity contribution >= 4 is 5.78 Å². The van der Waals surface area contributed by atoms with E-state index in [0.29, 0.717) is 23.7 Å². The third kappa shape index (κ3) is 1.93. The van der Waals surface area contributed by atoms with Gasteiger partial charge in [-0.2, -0.15) is 0 Å². The van der Waals surface area contributed by atoms with Gasteiger partial charge in [-0.3, -0.25) is 4.79 Å². The molecule has 0 aromatic carbocycles. The van der Waals surface area contributed by atoms with Gasteiger partial charge in [0.2, 0.25) is 0 Å². The van der Waals surface area contributed by atoms with Crippen LogP contribution in [-0.2, 0) is 4.79 Å². The van der Waals surface area contributed by atoms with E-state index < -0.39 is 0 Å². The molecule has 74 valence electrons. The van der Waals surface area contributed by atoms with E-state index in [-0.39, 0.29) is 0 Å². The fraction of sp³-hybridized carbons (Fsp3) is 0.909. The Morgan fingerprint density at radius 1 is 1.23 bits per heavy atom. The van der Waals surface area contributed by atoms with Crippen molar-refractivity contribution in [1.82, 2.24) is 4.90 Å². The summed E-state index contributed by atoms with van der Waals surface area (Å²) in [5.74, 6) is 1.38. The number of nitrogens with zero attached hydrogens (tertiary/aromatic N) is 1. The third-order valence-electron chi connectivity index (χ3n) is 3.33. The van der Waals surface area contributed by atoms with Crippen LogP contribution in [0.25, 0.3) is 0 Å². The molecule has 1 atom stereocenters. The molecule has 1 saturated heterocycles. The van der Waals surface area contributed by atoms with Crippen molar-refractivity contribution in [3.05, 3.63) is 0 Å². The van der Waals surface area contributed by atoms with Crippen molar-refractivity contribution in [3.8, 4) is 0 Å². The van der Waals surface area contributed by atoms with Gasteiger partial charge in [-0.15, -0.1) is 0 Å². The van der Waals surface area contributed by atoms with Crippen LogP contribution in [0.2, 0.25) is 0 Å². The molecule has 0 radical (unpaired) electrons. The number of carbonyl (C=O) groups is 1. The largest absolute Gasteiger partial charge is 0.300 e. The van der Waals surface area contributed by atoms with Crippen molar-refractivity contribution in [1.29, 1.82) is 0 Å². The van der Waals surface area contributed by atoms with Gasteiger partial charge >= 0.3 is 0 Å². The van der Waals surface area contributed by atoms with E-state index in [1.54, 1.807) is 0 Å². The molecule has 0 amide bonds. The number of Topliss-reactive ketones (excluding diaryl/α,β-unsaturated/α-hetero) is 1. The maximum atomic E-state index is 11.7. The van der Waals surface area contributed by atoms with Gasteiger partial charge in [-0.1, -0.05) is 0 Å². The molecule has 1 aliphatic heterocycles. The summed E-state index contributed by atoms with van der Waals surface area (Å²) in [7, 11) is 0. The Labute approximate surface area is 80.3 Å². The molecule has 1 unspecified atom stereocenters. The number of likely N-dealkylation sites (tertiary alicyclic amines) is 1. The maximum absolute atomic E-state index is 11.7. The lowest BCUT2D eigenvalue weighted by Crippen LogP contribution is -2.29. The molecule has 2 fully saturated rings. The topological polar surface area (TPSA) is 20.3 Å². The Bertz CT molecular complexity index is 208. The van der Waals surface area contributed by atoms with Gasteiger partial charge in [-0.25, -0.2) is 0 Å². The fourth-order valence-electron chi connectivity index (χ4n) is 2.19. The average molecular weight is 181 g/mol. The normalized spacial score (nSPS) is 29.9. The zero-order valence-electron chi connectivity index (χ0n) is 8.62. The second-order valence-electron chi connectivity index (χ2n) is 4.75. The van der Waals surface area contributed by atoms with E-state index in [1.165, 1.54) is 0 Å². The predicted molar refractivity (Wildman–Crippen MR) is 52.5 cm³/mol. The fourth-order valence-corrected chi connectivity index (χ4v) is 2.19. The number of rotatable bonds is 3. The van der Waals surface area contributed by atoms with Gasteiger partial charge in [0.25, 0.3) is 0 Å². The van der Waals surface area contributed by atoms with Crippen LogP contribution in [0.5, 0.6) is 0 Å². The minimum Gasteiger partial charge on any atom is -0.300 e. The third-order valence-corrected chi connectivity index (χ3v) is 3.33. The highest BCUT2D eigenvalue weighted by Gasteiger charge is 2.38. The monoisotopic (exact) mass is 181 g/mol. The molecule has 0 bridgehead atoms. The summed E-state index contributed by atoms with van der Waals surface area (Å²) in [5, 5.41) is 0. The SMILES string of the molecule is CC(C)N1CCC(C(=O)C2CC2)C1. The van der Waals surface area contributed by atoms with Gasteiger partial charge in [0, 0.05) is 24.4 Å². The van der Waals surface area contributed by atoms with Gasteiger partial charge < -0.3 is 4.90 Å². The average Bonchev–Trinajstić information content (AvgIpc) is 2.81. The lowest BCUT2D eigenvalue weighted by molar-refractivity contribution is -0.123. The smallest absolute Gasteiger partial charge is 0.140 e. The van der Waals surface area contributed by atoms with Crippen molar-refractivity contribution in [2.24, 2.45) is 11.8 Å². The maximum Gasteiger partial charge on any atom is 0.140 e. The molecular weight excluding hydrogens is 162 g/mol. The summed E-state index contributed by atoms with van der Waals surface area (Å²) in [6.45, 7) is 6.57. The summed E-state index contributed by atoms with van der Waals surface area (Å²) < 4.78 is 0. The van der Waals surface area contributed by atoms with Crippen LogP contribution in [-0.4, -0.2) is 29.8 Å². The molecule has 0 N–H and O–H groups in total. The molecule has 13 heavy (non-hydrogen) atoms. The van der Waals surface area contributed by atoms with Crippen molar-refractivity contribution in [2.75, 3.05) is 13.1 Å². The first-order valence-electron chi connectivity index (χ1n) is 5.46. The van der Waals surface area contributed by atoms with Crippen molar-refractivity contribution in [2.45, 2.75) is 39.2 Å². The summed E-state index contributed by atoms with van der Waals surface area (Å²) in [4.78, 5) is 14.2. The lowest BCUT2D eigenvalue weighted by atomic mass is 10.00. The molecule has 1 saturated carbocycles. The highest BCUT2D eigenvalue weighted by molar-refractivity contribution is 5.85. The molecule has 2 rings (SSSR count). The van der Waals surface area contributed by atoms with Crippen LogP contribution in [0.4, 0.5) is 0 Å². The molecular formula is C11H19NO. The number of ketones is 1. The van der Waals surface area contributed by atoms with E-state index in [1.807, 2.05) is 0 Å². The van der Waals surface area contributed by atoms with Crippen LogP contribution in [0.3, 0.4) is 0 Å². The molecule has 2 heteroatoms. The lowest BCUT2D eigenvalue weighted by Gasteiger charge is -2.19. The molecule has 2 aliphatic rings. The summed E-state index contributed by atoms with van der Waals surface area (Å²) >= 11 is 0. The first-order valence-corrected chi connectivity index (χ1v) is 5.46. The van der Waals surface area contributed by atoms with E-state index >= 15 is 0 Å². The summed E-state index contributed by atoms with van der Waals surface area (Å²) in [6, 6.07) is 0.608. The molecule has 0 aromatic heterocycles. The van der Waals surface area contributed by atoms with Crippen LogP contribution < -0.4 is 0 Å². The van der Waals surface area contributed by atoms with E-state index in [9.17, 15) is 4.79 Å². The quantitative estimate of drug-likeness (QED) is 0.660. The standard InChI is InChI=1S/C11H19NO/c1-8(2)12-6-5-10(7-12)11(13)9-3-4-9/h8-10H,3-7H2,1-2H3. The number of hydrogen-bond donors (Lipinski definition) is 0. The van der Waals surface area contributed by atoms with E-state index in [0.717, 1.165) is 32.4 Å². The van der Waals surface area contributed by atoms with Crippen molar-refractivity contribution in [3.63, 3.8) is 0 Å². The van der Waals surface area contributed by atoms with E-state index in [4.69, 9.17) is 0 Å². The first-order chi connectivity index (χ1) is 6.18. The molecule has 0 aromatic rings.